The molecule has 0 aliphatic carbocycles. The zero-order valence-corrected chi connectivity index (χ0v) is 18.6. The van der Waals surface area contributed by atoms with E-state index in [1.807, 2.05) is 127 Å². The molecule has 0 bridgehead atoms. The zero-order chi connectivity index (χ0) is 23.0. The Morgan fingerprint density at radius 3 is 1.33 bits per heavy atom. The second kappa shape index (κ2) is 13.9. The quantitative estimate of drug-likeness (QED) is 0.301. The molecule has 164 valence electrons. The van der Waals surface area contributed by atoms with Crippen molar-refractivity contribution in [2.75, 3.05) is 5.32 Å². The minimum atomic E-state index is 0.280. The molecule has 0 radical (unpaired) electrons. The summed E-state index contributed by atoms with van der Waals surface area (Å²) < 4.78 is 0. The third kappa shape index (κ3) is 9.58. The first-order valence-corrected chi connectivity index (χ1v) is 11.0. The van der Waals surface area contributed by atoms with Crippen molar-refractivity contribution >= 4 is 11.4 Å². The SMILES string of the molecule is Oc1cc(Cc2ccccc2)cc(Nc2ccccc2)c1.c1ccccc1.c1ccccc1. The van der Waals surface area contributed by atoms with Crippen LogP contribution >= 0.6 is 0 Å². The van der Waals surface area contributed by atoms with E-state index in [2.05, 4.69) is 23.5 Å². The molecule has 0 saturated carbocycles. The summed E-state index contributed by atoms with van der Waals surface area (Å²) >= 11 is 0. The second-order valence-corrected chi connectivity index (χ2v) is 7.35. The van der Waals surface area contributed by atoms with E-state index in [0.717, 1.165) is 23.4 Å². The predicted molar refractivity (Wildman–Crippen MR) is 140 cm³/mol. The molecule has 0 saturated heterocycles. The highest BCUT2D eigenvalue weighted by atomic mass is 16.3. The smallest absolute Gasteiger partial charge is 0.117 e. The van der Waals surface area contributed by atoms with Gasteiger partial charge in [-0.2, -0.15) is 0 Å². The third-order valence-corrected chi connectivity index (χ3v) is 4.62. The number of rotatable bonds is 4. The first kappa shape index (κ1) is 23.4. The van der Waals surface area contributed by atoms with Crippen molar-refractivity contribution in [1.82, 2.24) is 0 Å². The number of hydrogen-bond donors (Lipinski definition) is 2. The molecule has 2 nitrogen and oxygen atoms in total. The maximum atomic E-state index is 9.91. The van der Waals surface area contributed by atoms with Crippen molar-refractivity contribution in [2.24, 2.45) is 0 Å². The second-order valence-electron chi connectivity index (χ2n) is 7.35. The highest BCUT2D eigenvalue weighted by Crippen LogP contribution is 2.24. The minimum absolute atomic E-state index is 0.280. The van der Waals surface area contributed by atoms with E-state index >= 15 is 0 Å². The summed E-state index contributed by atoms with van der Waals surface area (Å²) in [6.07, 6.45) is 0.804. The number of hydrogen-bond acceptors (Lipinski definition) is 2. The summed E-state index contributed by atoms with van der Waals surface area (Å²) in [6.45, 7) is 0. The van der Waals surface area contributed by atoms with Crippen LogP contribution in [0.5, 0.6) is 5.75 Å². The molecular formula is C31H29NO. The summed E-state index contributed by atoms with van der Waals surface area (Å²) in [5.74, 6) is 0.280. The molecule has 0 fully saturated rings. The lowest BCUT2D eigenvalue weighted by Crippen LogP contribution is -1.93. The molecule has 0 aromatic heterocycles. The van der Waals surface area contributed by atoms with Gasteiger partial charge in [0.2, 0.25) is 0 Å². The van der Waals surface area contributed by atoms with Crippen LogP contribution in [0.4, 0.5) is 11.4 Å². The van der Waals surface area contributed by atoms with Crippen molar-refractivity contribution in [2.45, 2.75) is 6.42 Å². The summed E-state index contributed by atoms with van der Waals surface area (Å²) in [5.41, 5.74) is 4.22. The lowest BCUT2D eigenvalue weighted by Gasteiger charge is -2.10. The van der Waals surface area contributed by atoms with E-state index in [9.17, 15) is 5.11 Å². The fourth-order valence-electron chi connectivity index (χ4n) is 3.14. The van der Waals surface area contributed by atoms with Crippen molar-refractivity contribution < 1.29 is 5.11 Å². The van der Waals surface area contributed by atoms with Crippen LogP contribution in [0, 0.1) is 0 Å². The van der Waals surface area contributed by atoms with E-state index in [1.54, 1.807) is 6.07 Å². The molecule has 5 rings (SSSR count). The Hall–Kier alpha value is -4.30. The van der Waals surface area contributed by atoms with Crippen LogP contribution < -0.4 is 5.32 Å². The van der Waals surface area contributed by atoms with Crippen molar-refractivity contribution in [1.29, 1.82) is 0 Å². The lowest BCUT2D eigenvalue weighted by atomic mass is 10.0. The Kier molecular flexibility index (Phi) is 9.84. The molecule has 0 unspecified atom stereocenters. The number of para-hydroxylation sites is 1. The fraction of sp³-hybridized carbons (Fsp3) is 0.0323. The average Bonchev–Trinajstić information content (AvgIpc) is 2.88. The van der Waals surface area contributed by atoms with E-state index in [1.165, 1.54) is 5.56 Å². The number of aromatic hydroxyl groups is 1. The molecule has 2 heteroatoms. The van der Waals surface area contributed by atoms with Gasteiger partial charge >= 0.3 is 0 Å². The maximum Gasteiger partial charge on any atom is 0.117 e. The van der Waals surface area contributed by atoms with Crippen LogP contribution in [0.2, 0.25) is 0 Å². The van der Waals surface area contributed by atoms with E-state index in [0.29, 0.717) is 0 Å². The molecule has 0 atom stereocenters. The van der Waals surface area contributed by atoms with E-state index in [4.69, 9.17) is 0 Å². The molecule has 0 amide bonds. The predicted octanol–water partition coefficient (Wildman–Crippen LogP) is 8.10. The van der Waals surface area contributed by atoms with Crippen molar-refractivity contribution in [3.05, 3.63) is 163 Å². The molecule has 0 spiro atoms. The summed E-state index contributed by atoms with van der Waals surface area (Å²) in [7, 11) is 0. The van der Waals surface area contributed by atoms with Gasteiger partial charge in [-0.05, 0) is 41.8 Å². The number of benzene rings is 5. The molecule has 2 N–H and O–H groups in total. The highest BCUT2D eigenvalue weighted by Gasteiger charge is 2.02. The van der Waals surface area contributed by atoms with Gasteiger partial charge in [-0.3, -0.25) is 0 Å². The summed E-state index contributed by atoms with van der Waals surface area (Å²) in [4.78, 5) is 0. The average molecular weight is 432 g/mol. The van der Waals surface area contributed by atoms with Crippen LogP contribution in [-0.2, 0) is 6.42 Å². The normalized spacial score (nSPS) is 9.45. The Balaban J connectivity index is 0.000000207. The van der Waals surface area contributed by atoms with Gasteiger partial charge in [0.05, 0.1) is 0 Å². The first-order valence-electron chi connectivity index (χ1n) is 11.0. The molecule has 0 aliphatic rings. The Labute approximate surface area is 196 Å². The van der Waals surface area contributed by atoms with Crippen LogP contribution in [0.1, 0.15) is 11.1 Å². The first-order chi connectivity index (χ1) is 16.3. The Morgan fingerprint density at radius 2 is 0.848 bits per heavy atom. The van der Waals surface area contributed by atoms with Gasteiger partial charge in [0, 0.05) is 17.4 Å². The van der Waals surface area contributed by atoms with Crippen molar-refractivity contribution in [3.8, 4) is 5.75 Å². The van der Waals surface area contributed by atoms with Gasteiger partial charge in [-0.25, -0.2) is 0 Å². The monoisotopic (exact) mass is 431 g/mol. The molecular weight excluding hydrogens is 402 g/mol. The van der Waals surface area contributed by atoms with Gasteiger partial charge in [-0.15, -0.1) is 0 Å². The van der Waals surface area contributed by atoms with Crippen LogP contribution in [0.25, 0.3) is 0 Å². The van der Waals surface area contributed by atoms with Gasteiger partial charge in [-0.1, -0.05) is 121 Å². The third-order valence-electron chi connectivity index (χ3n) is 4.62. The number of phenols is 1. The van der Waals surface area contributed by atoms with Crippen molar-refractivity contribution in [3.63, 3.8) is 0 Å². The number of anilines is 2. The molecule has 5 aromatic rings. The molecule has 0 heterocycles. The summed E-state index contributed by atoms with van der Waals surface area (Å²) in [6, 6.07) is 49.8. The molecule has 5 aromatic carbocycles. The number of phenolic OH excluding ortho intramolecular Hbond substituents is 1. The maximum absolute atomic E-state index is 9.91. The zero-order valence-electron chi connectivity index (χ0n) is 18.6. The Bertz CT molecular complexity index is 1000. The van der Waals surface area contributed by atoms with Gasteiger partial charge in [0.25, 0.3) is 0 Å². The Morgan fingerprint density at radius 1 is 0.424 bits per heavy atom. The topological polar surface area (TPSA) is 32.3 Å². The highest BCUT2D eigenvalue weighted by molar-refractivity contribution is 5.62. The van der Waals surface area contributed by atoms with Crippen LogP contribution in [0.15, 0.2) is 152 Å². The fourth-order valence-corrected chi connectivity index (χ4v) is 3.14. The standard InChI is InChI=1S/C19H17NO.2C6H6/c21-19-13-16(11-15-7-3-1-4-8-15)12-18(14-19)20-17-9-5-2-6-10-17;2*1-2-4-6-5-3-1/h1-10,12-14,20-21H,11H2;2*1-6H. The molecule has 33 heavy (non-hydrogen) atoms. The van der Waals surface area contributed by atoms with E-state index in [-0.39, 0.29) is 5.75 Å². The largest absolute Gasteiger partial charge is 0.508 e. The minimum Gasteiger partial charge on any atom is -0.508 e. The lowest BCUT2D eigenvalue weighted by molar-refractivity contribution is 0.475. The molecule has 0 aliphatic heterocycles. The van der Waals surface area contributed by atoms with Gasteiger partial charge < -0.3 is 10.4 Å². The number of nitrogens with one attached hydrogen (secondary N) is 1. The van der Waals surface area contributed by atoms with E-state index < -0.39 is 0 Å². The van der Waals surface area contributed by atoms with Gasteiger partial charge in [0.1, 0.15) is 5.75 Å². The van der Waals surface area contributed by atoms with Crippen LogP contribution in [0.3, 0.4) is 0 Å². The van der Waals surface area contributed by atoms with Crippen LogP contribution in [-0.4, -0.2) is 5.11 Å². The van der Waals surface area contributed by atoms with Gasteiger partial charge in [0.15, 0.2) is 0 Å². The summed E-state index contributed by atoms with van der Waals surface area (Å²) in [5, 5.41) is 13.2.